The van der Waals surface area contributed by atoms with E-state index in [1.54, 1.807) is 6.20 Å². The third-order valence-electron chi connectivity index (χ3n) is 2.75. The van der Waals surface area contributed by atoms with Crippen LogP contribution in [0.3, 0.4) is 0 Å². The number of nitrogens with zero attached hydrogens (tertiary/aromatic N) is 2. The first-order chi connectivity index (χ1) is 8.72. The lowest BCUT2D eigenvalue weighted by atomic mass is 10.2. The van der Waals surface area contributed by atoms with Gasteiger partial charge in [-0.1, -0.05) is 19.1 Å². The Morgan fingerprint density at radius 3 is 2.83 bits per heavy atom. The van der Waals surface area contributed by atoms with Gasteiger partial charge >= 0.3 is 6.01 Å². The van der Waals surface area contributed by atoms with E-state index in [0.29, 0.717) is 11.6 Å². The van der Waals surface area contributed by atoms with Crippen molar-refractivity contribution in [2.24, 2.45) is 0 Å². The van der Waals surface area contributed by atoms with E-state index in [1.165, 1.54) is 5.56 Å². The topological polar surface area (TPSA) is 55.2 Å². The minimum absolute atomic E-state index is 0.0581. The fraction of sp³-hybridized carbons (Fsp3) is 0.286. The Kier molecular flexibility index (Phi) is 3.89. The Morgan fingerprint density at radius 1 is 1.33 bits per heavy atom. The third kappa shape index (κ3) is 2.84. The Balaban J connectivity index is 2.20. The number of hydrogen-bond donors (Lipinski definition) is 1. The van der Waals surface area contributed by atoms with E-state index in [4.69, 9.17) is 9.84 Å². The minimum atomic E-state index is -0.0581. The molecule has 1 heterocycles. The van der Waals surface area contributed by atoms with Gasteiger partial charge in [0.15, 0.2) is 0 Å². The lowest BCUT2D eigenvalue weighted by Gasteiger charge is -2.07. The molecule has 1 aromatic carbocycles. The summed E-state index contributed by atoms with van der Waals surface area (Å²) < 4.78 is 5.60. The van der Waals surface area contributed by atoms with Crippen molar-refractivity contribution in [3.05, 3.63) is 47.3 Å². The molecule has 18 heavy (non-hydrogen) atoms. The van der Waals surface area contributed by atoms with E-state index in [-0.39, 0.29) is 6.61 Å². The molecule has 0 fully saturated rings. The van der Waals surface area contributed by atoms with Crippen LogP contribution in [0.25, 0.3) is 0 Å². The predicted molar refractivity (Wildman–Crippen MR) is 68.6 cm³/mol. The van der Waals surface area contributed by atoms with Crippen molar-refractivity contribution >= 4 is 0 Å². The number of hydrogen-bond acceptors (Lipinski definition) is 4. The zero-order valence-electron chi connectivity index (χ0n) is 10.6. The van der Waals surface area contributed by atoms with E-state index in [1.807, 2.05) is 31.2 Å². The molecule has 0 aliphatic rings. The molecule has 94 valence electrons. The second-order valence-electron chi connectivity index (χ2n) is 4.02. The summed E-state index contributed by atoms with van der Waals surface area (Å²) in [5.41, 5.74) is 2.65. The summed E-state index contributed by atoms with van der Waals surface area (Å²) in [6, 6.07) is 8.14. The monoisotopic (exact) mass is 244 g/mol. The van der Waals surface area contributed by atoms with Gasteiger partial charge in [-0.05, 0) is 31.0 Å². The molecule has 4 nitrogen and oxygen atoms in total. The molecule has 0 amide bonds. The molecule has 2 aromatic rings. The first-order valence-corrected chi connectivity index (χ1v) is 5.93. The molecule has 0 atom stereocenters. The first kappa shape index (κ1) is 12.5. The highest BCUT2D eigenvalue weighted by Gasteiger charge is 2.05. The summed E-state index contributed by atoms with van der Waals surface area (Å²) in [6.45, 7) is 3.86. The average Bonchev–Trinajstić information content (AvgIpc) is 2.39. The van der Waals surface area contributed by atoms with Gasteiger partial charge in [0.05, 0.1) is 12.3 Å². The predicted octanol–water partition coefficient (Wildman–Crippen LogP) is 2.63. The van der Waals surface area contributed by atoms with Gasteiger partial charge in [0, 0.05) is 11.8 Å². The van der Waals surface area contributed by atoms with Crippen molar-refractivity contribution in [3.8, 4) is 11.8 Å². The smallest absolute Gasteiger partial charge is 0.322 e. The van der Waals surface area contributed by atoms with Crippen LogP contribution in [-0.4, -0.2) is 15.1 Å². The maximum absolute atomic E-state index is 9.05. The Labute approximate surface area is 106 Å². The number of aliphatic hydroxyl groups excluding tert-OH is 1. The zero-order chi connectivity index (χ0) is 13.0. The SMILES string of the molecule is CCc1cccc(Oc2ncc(CO)c(C)n2)c1. The highest BCUT2D eigenvalue weighted by molar-refractivity contribution is 5.30. The van der Waals surface area contributed by atoms with E-state index in [0.717, 1.165) is 17.9 Å². The summed E-state index contributed by atoms with van der Waals surface area (Å²) in [5.74, 6) is 0.727. The van der Waals surface area contributed by atoms with Gasteiger partial charge in [0.2, 0.25) is 0 Å². The van der Waals surface area contributed by atoms with Crippen molar-refractivity contribution in [2.75, 3.05) is 0 Å². The largest absolute Gasteiger partial charge is 0.424 e. The van der Waals surface area contributed by atoms with Crippen molar-refractivity contribution in [2.45, 2.75) is 26.9 Å². The number of benzene rings is 1. The maximum Gasteiger partial charge on any atom is 0.322 e. The highest BCUT2D eigenvalue weighted by Crippen LogP contribution is 2.20. The van der Waals surface area contributed by atoms with E-state index < -0.39 is 0 Å². The second kappa shape index (κ2) is 5.60. The summed E-state index contributed by atoms with van der Waals surface area (Å²) in [5, 5.41) is 9.05. The molecule has 0 spiro atoms. The maximum atomic E-state index is 9.05. The number of ether oxygens (including phenoxy) is 1. The van der Waals surface area contributed by atoms with Crippen LogP contribution >= 0.6 is 0 Å². The Bertz CT molecular complexity index is 541. The van der Waals surface area contributed by atoms with Crippen molar-refractivity contribution in [3.63, 3.8) is 0 Å². The zero-order valence-corrected chi connectivity index (χ0v) is 10.6. The molecule has 4 heteroatoms. The van der Waals surface area contributed by atoms with Crippen LogP contribution in [0.4, 0.5) is 0 Å². The molecule has 0 aliphatic carbocycles. The summed E-state index contributed by atoms with van der Waals surface area (Å²) in [6.07, 6.45) is 2.54. The van der Waals surface area contributed by atoms with Gasteiger partial charge in [-0.15, -0.1) is 0 Å². The minimum Gasteiger partial charge on any atom is -0.424 e. The van der Waals surface area contributed by atoms with Crippen LogP contribution in [0, 0.1) is 6.92 Å². The van der Waals surface area contributed by atoms with Crippen LogP contribution in [0.15, 0.2) is 30.5 Å². The highest BCUT2D eigenvalue weighted by atomic mass is 16.5. The van der Waals surface area contributed by atoms with Crippen LogP contribution in [0.1, 0.15) is 23.7 Å². The molecule has 0 bridgehead atoms. The van der Waals surface area contributed by atoms with E-state index >= 15 is 0 Å². The summed E-state index contributed by atoms with van der Waals surface area (Å²) >= 11 is 0. The molecule has 0 unspecified atom stereocenters. The molecule has 2 rings (SSSR count). The molecule has 0 saturated carbocycles. The molecule has 0 aliphatic heterocycles. The van der Waals surface area contributed by atoms with Crippen LogP contribution in [0.5, 0.6) is 11.8 Å². The van der Waals surface area contributed by atoms with E-state index in [2.05, 4.69) is 16.9 Å². The lowest BCUT2D eigenvalue weighted by Crippen LogP contribution is -1.98. The van der Waals surface area contributed by atoms with Crippen LogP contribution < -0.4 is 4.74 Å². The number of aryl methyl sites for hydroxylation is 2. The van der Waals surface area contributed by atoms with Gasteiger partial charge < -0.3 is 9.84 Å². The van der Waals surface area contributed by atoms with Gasteiger partial charge in [0.1, 0.15) is 5.75 Å². The third-order valence-corrected chi connectivity index (χ3v) is 2.75. The van der Waals surface area contributed by atoms with Crippen molar-refractivity contribution in [1.29, 1.82) is 0 Å². The fourth-order valence-corrected chi connectivity index (χ4v) is 1.61. The van der Waals surface area contributed by atoms with Crippen LogP contribution in [-0.2, 0) is 13.0 Å². The van der Waals surface area contributed by atoms with Gasteiger partial charge in [-0.25, -0.2) is 4.98 Å². The lowest BCUT2D eigenvalue weighted by molar-refractivity contribution is 0.279. The molecular formula is C14H16N2O2. The van der Waals surface area contributed by atoms with Gasteiger partial charge in [0.25, 0.3) is 0 Å². The van der Waals surface area contributed by atoms with Gasteiger partial charge in [-0.2, -0.15) is 4.98 Å². The fourth-order valence-electron chi connectivity index (χ4n) is 1.61. The average molecular weight is 244 g/mol. The van der Waals surface area contributed by atoms with Crippen molar-refractivity contribution < 1.29 is 9.84 Å². The Morgan fingerprint density at radius 2 is 2.17 bits per heavy atom. The number of aromatic nitrogens is 2. The molecule has 1 aromatic heterocycles. The molecule has 0 saturated heterocycles. The first-order valence-electron chi connectivity index (χ1n) is 5.93. The van der Waals surface area contributed by atoms with Crippen molar-refractivity contribution in [1.82, 2.24) is 9.97 Å². The summed E-state index contributed by atoms with van der Waals surface area (Å²) in [4.78, 5) is 8.27. The second-order valence-corrected chi connectivity index (χ2v) is 4.02. The molecule has 0 radical (unpaired) electrons. The van der Waals surface area contributed by atoms with E-state index in [9.17, 15) is 0 Å². The normalized spacial score (nSPS) is 10.4. The van der Waals surface area contributed by atoms with Gasteiger partial charge in [-0.3, -0.25) is 0 Å². The number of rotatable bonds is 4. The Hall–Kier alpha value is -1.94. The molecular weight excluding hydrogens is 228 g/mol. The summed E-state index contributed by atoms with van der Waals surface area (Å²) in [7, 11) is 0. The standard InChI is InChI=1S/C14H16N2O2/c1-3-11-5-4-6-13(7-11)18-14-15-8-12(9-17)10(2)16-14/h4-8,17H,3,9H2,1-2H3. The quantitative estimate of drug-likeness (QED) is 0.898. The van der Waals surface area contributed by atoms with Crippen LogP contribution in [0.2, 0.25) is 0 Å². The number of aliphatic hydroxyl groups is 1. The molecule has 1 N–H and O–H groups in total.